The molecule has 1 aromatic rings. The second-order valence-corrected chi connectivity index (χ2v) is 2.48. The monoisotopic (exact) mass is 171 g/mol. The Balaban J connectivity index is 3.21. The first-order valence-corrected chi connectivity index (χ1v) is 3.37. The highest BCUT2D eigenvalue weighted by atomic mass is 35.5. The lowest BCUT2D eigenvalue weighted by Gasteiger charge is -2.05. The first-order valence-electron chi connectivity index (χ1n) is 2.99. The first kappa shape index (κ1) is 8.01. The average molecular weight is 172 g/mol. The Hall–Kier alpha value is -1.09. The third-order valence-corrected chi connectivity index (χ3v) is 1.63. The molecule has 1 aromatic carbocycles. The summed E-state index contributed by atoms with van der Waals surface area (Å²) in [6.07, 6.45) is 0. The van der Waals surface area contributed by atoms with Crippen LogP contribution in [0.4, 0.5) is 11.4 Å². The van der Waals surface area contributed by atoms with Crippen LogP contribution in [0, 0.1) is 0 Å². The molecule has 0 saturated heterocycles. The quantitative estimate of drug-likeness (QED) is 0.656. The maximum absolute atomic E-state index is 7.29. The molecule has 1 rings (SSSR count). The van der Waals surface area contributed by atoms with E-state index in [0.29, 0.717) is 16.5 Å². The summed E-state index contributed by atoms with van der Waals surface area (Å²) in [4.78, 5) is 0. The minimum absolute atomic E-state index is 0.220. The summed E-state index contributed by atoms with van der Waals surface area (Å²) in [5, 5.41) is 0.336. The highest BCUT2D eigenvalue weighted by molar-refractivity contribution is 6.33. The SMILES string of the molecule is COc1cc([NH])c(Cl)cc1N. The summed E-state index contributed by atoms with van der Waals surface area (Å²) in [7, 11) is 1.50. The van der Waals surface area contributed by atoms with E-state index in [1.165, 1.54) is 19.2 Å². The number of ether oxygens (including phenoxy) is 1. The van der Waals surface area contributed by atoms with Gasteiger partial charge in [-0.2, -0.15) is 0 Å². The lowest BCUT2D eigenvalue weighted by Crippen LogP contribution is -1.92. The minimum atomic E-state index is 0.220. The number of nitrogens with one attached hydrogen (secondary N) is 1. The summed E-state index contributed by atoms with van der Waals surface area (Å²) in [6, 6.07) is 2.99. The fourth-order valence-corrected chi connectivity index (χ4v) is 0.918. The second kappa shape index (κ2) is 2.88. The van der Waals surface area contributed by atoms with E-state index in [1.807, 2.05) is 0 Å². The lowest BCUT2D eigenvalue weighted by atomic mass is 10.2. The number of hydrogen-bond donors (Lipinski definition) is 1. The number of rotatable bonds is 1. The highest BCUT2D eigenvalue weighted by Gasteiger charge is 2.03. The number of anilines is 1. The fourth-order valence-electron chi connectivity index (χ4n) is 0.746. The van der Waals surface area contributed by atoms with Gasteiger partial charge in [0.2, 0.25) is 0 Å². The van der Waals surface area contributed by atoms with Gasteiger partial charge >= 0.3 is 0 Å². The molecule has 0 bridgehead atoms. The van der Waals surface area contributed by atoms with Crippen molar-refractivity contribution in [3.63, 3.8) is 0 Å². The van der Waals surface area contributed by atoms with Crippen LogP contribution in [0.15, 0.2) is 12.1 Å². The zero-order valence-corrected chi connectivity index (χ0v) is 6.77. The predicted octanol–water partition coefficient (Wildman–Crippen LogP) is 1.85. The van der Waals surface area contributed by atoms with E-state index >= 15 is 0 Å². The largest absolute Gasteiger partial charge is 0.495 e. The van der Waals surface area contributed by atoms with Crippen LogP contribution >= 0.6 is 11.6 Å². The Morgan fingerprint density at radius 3 is 2.73 bits per heavy atom. The molecule has 1 radical (unpaired) electrons. The van der Waals surface area contributed by atoms with Crippen molar-refractivity contribution >= 4 is 23.0 Å². The van der Waals surface area contributed by atoms with Crippen LogP contribution in [-0.4, -0.2) is 7.11 Å². The van der Waals surface area contributed by atoms with Crippen molar-refractivity contribution in [3.05, 3.63) is 17.2 Å². The zero-order chi connectivity index (χ0) is 8.43. The molecule has 0 heterocycles. The molecule has 0 aliphatic heterocycles. The molecule has 0 aliphatic carbocycles. The lowest BCUT2D eigenvalue weighted by molar-refractivity contribution is 0.417. The van der Waals surface area contributed by atoms with Crippen molar-refractivity contribution < 1.29 is 4.74 Å². The molecule has 0 aromatic heterocycles. The summed E-state index contributed by atoms with van der Waals surface area (Å²) < 4.78 is 4.88. The van der Waals surface area contributed by atoms with Crippen LogP contribution < -0.4 is 16.2 Å². The van der Waals surface area contributed by atoms with Gasteiger partial charge in [0.25, 0.3) is 0 Å². The average Bonchev–Trinajstić information content (AvgIpc) is 1.97. The molecular formula is C7H8ClN2O. The Kier molecular flexibility index (Phi) is 2.10. The summed E-state index contributed by atoms with van der Waals surface area (Å²) >= 11 is 5.62. The van der Waals surface area contributed by atoms with E-state index in [0.717, 1.165) is 0 Å². The van der Waals surface area contributed by atoms with Crippen LogP contribution in [0.25, 0.3) is 0 Å². The van der Waals surface area contributed by atoms with Crippen LogP contribution in [0.2, 0.25) is 5.02 Å². The molecular weight excluding hydrogens is 164 g/mol. The maximum Gasteiger partial charge on any atom is 0.143 e. The summed E-state index contributed by atoms with van der Waals surface area (Å²) in [5.41, 5.74) is 13.5. The van der Waals surface area contributed by atoms with Crippen molar-refractivity contribution in [3.8, 4) is 5.75 Å². The molecule has 11 heavy (non-hydrogen) atoms. The maximum atomic E-state index is 7.29. The van der Waals surface area contributed by atoms with Crippen molar-refractivity contribution in [2.24, 2.45) is 0 Å². The van der Waals surface area contributed by atoms with Crippen LogP contribution in [0.1, 0.15) is 0 Å². The minimum Gasteiger partial charge on any atom is -0.495 e. The molecule has 0 saturated carbocycles. The highest BCUT2D eigenvalue weighted by Crippen LogP contribution is 2.30. The number of hydrogen-bond acceptors (Lipinski definition) is 2. The van der Waals surface area contributed by atoms with E-state index in [2.05, 4.69) is 0 Å². The third kappa shape index (κ3) is 1.49. The van der Waals surface area contributed by atoms with E-state index in [-0.39, 0.29) is 5.69 Å². The predicted molar refractivity (Wildman–Crippen MR) is 45.2 cm³/mol. The van der Waals surface area contributed by atoms with Crippen molar-refractivity contribution in [1.82, 2.24) is 5.73 Å². The number of nitrogens with two attached hydrogens (primary N) is 1. The van der Waals surface area contributed by atoms with Gasteiger partial charge in [0, 0.05) is 6.07 Å². The first-order chi connectivity index (χ1) is 5.15. The van der Waals surface area contributed by atoms with Crippen LogP contribution in [0.5, 0.6) is 5.75 Å². The van der Waals surface area contributed by atoms with Gasteiger partial charge in [-0.15, -0.1) is 0 Å². The van der Waals surface area contributed by atoms with Gasteiger partial charge < -0.3 is 10.5 Å². The second-order valence-electron chi connectivity index (χ2n) is 2.07. The van der Waals surface area contributed by atoms with Gasteiger partial charge in [0.1, 0.15) is 5.75 Å². The number of nitrogen functional groups attached to an aromatic ring is 1. The molecule has 0 fully saturated rings. The van der Waals surface area contributed by atoms with E-state index in [4.69, 9.17) is 27.8 Å². The Labute approximate surface area is 69.9 Å². The number of methoxy groups -OCH3 is 1. The van der Waals surface area contributed by atoms with Gasteiger partial charge in [0.15, 0.2) is 0 Å². The Morgan fingerprint density at radius 2 is 2.18 bits per heavy atom. The zero-order valence-electron chi connectivity index (χ0n) is 6.02. The summed E-state index contributed by atoms with van der Waals surface area (Å²) in [6.45, 7) is 0. The molecule has 0 atom stereocenters. The van der Waals surface area contributed by atoms with Gasteiger partial charge in [0.05, 0.1) is 23.5 Å². The number of benzene rings is 1. The fraction of sp³-hybridized carbons (Fsp3) is 0.143. The van der Waals surface area contributed by atoms with E-state index < -0.39 is 0 Å². The van der Waals surface area contributed by atoms with Crippen LogP contribution in [-0.2, 0) is 0 Å². The number of halogens is 1. The Morgan fingerprint density at radius 1 is 1.55 bits per heavy atom. The topological polar surface area (TPSA) is 59.0 Å². The van der Waals surface area contributed by atoms with E-state index in [9.17, 15) is 0 Å². The summed E-state index contributed by atoms with van der Waals surface area (Å²) in [5.74, 6) is 0.486. The van der Waals surface area contributed by atoms with Crippen molar-refractivity contribution in [1.29, 1.82) is 0 Å². The molecule has 0 spiro atoms. The molecule has 3 N–H and O–H groups in total. The van der Waals surface area contributed by atoms with Gasteiger partial charge in [-0.25, -0.2) is 0 Å². The molecule has 4 heteroatoms. The molecule has 0 aliphatic rings. The normalized spacial score (nSPS) is 9.64. The smallest absolute Gasteiger partial charge is 0.143 e. The van der Waals surface area contributed by atoms with Crippen molar-refractivity contribution in [2.75, 3.05) is 12.8 Å². The molecule has 0 unspecified atom stereocenters. The Bertz CT molecular complexity index is 275. The van der Waals surface area contributed by atoms with Crippen molar-refractivity contribution in [2.45, 2.75) is 0 Å². The third-order valence-electron chi connectivity index (χ3n) is 1.32. The standard InChI is InChI=1S/C7H8ClN2O/c1-11-7-3-5(9)4(8)2-6(7)10/h2-3,9H,10H2,1H3. The molecule has 59 valence electrons. The van der Waals surface area contributed by atoms with Gasteiger partial charge in [-0.1, -0.05) is 11.6 Å². The van der Waals surface area contributed by atoms with E-state index in [1.54, 1.807) is 0 Å². The van der Waals surface area contributed by atoms with Gasteiger partial charge in [-0.05, 0) is 6.07 Å². The molecule has 3 nitrogen and oxygen atoms in total. The molecule has 0 amide bonds. The van der Waals surface area contributed by atoms with Gasteiger partial charge in [-0.3, -0.25) is 5.73 Å². The van der Waals surface area contributed by atoms with Crippen LogP contribution in [0.3, 0.4) is 0 Å².